The smallest absolute Gasteiger partial charge is 0.412 e. The lowest BCUT2D eigenvalue weighted by molar-refractivity contribution is -0.155. The van der Waals surface area contributed by atoms with E-state index in [4.69, 9.17) is 5.11 Å². The normalized spacial score (nSPS) is 18.9. The number of alkyl halides is 3. The van der Waals surface area contributed by atoms with E-state index < -0.39 is 30.1 Å². The lowest BCUT2D eigenvalue weighted by Crippen LogP contribution is -2.50. The first-order valence-corrected chi connectivity index (χ1v) is 8.60. The Morgan fingerprint density at radius 2 is 1.85 bits per heavy atom. The maximum absolute atomic E-state index is 13.7. The molecule has 144 valence electrons. The number of fused-ring (bicyclic) bond motifs is 1. The minimum Gasteiger partial charge on any atom is -0.481 e. The predicted octanol–water partition coefficient (Wildman–Crippen LogP) is 3.95. The molecule has 0 aliphatic carbocycles. The number of carboxylic acids is 1. The van der Waals surface area contributed by atoms with E-state index in [1.165, 1.54) is 12.1 Å². The lowest BCUT2D eigenvalue weighted by atomic mass is 9.97. The van der Waals surface area contributed by atoms with E-state index in [-0.39, 0.29) is 18.7 Å². The molecule has 1 fully saturated rings. The first-order valence-electron chi connectivity index (χ1n) is 8.60. The van der Waals surface area contributed by atoms with Crippen molar-refractivity contribution in [3.63, 3.8) is 0 Å². The zero-order chi connectivity index (χ0) is 19.6. The summed E-state index contributed by atoms with van der Waals surface area (Å²) >= 11 is 0. The number of nitrogens with one attached hydrogen (secondary N) is 1. The molecule has 27 heavy (non-hydrogen) atoms. The summed E-state index contributed by atoms with van der Waals surface area (Å²) in [5.41, 5.74) is -0.0410. The highest BCUT2D eigenvalue weighted by Crippen LogP contribution is 2.36. The van der Waals surface area contributed by atoms with Crippen molar-refractivity contribution in [3.8, 4) is 0 Å². The van der Waals surface area contributed by atoms with Gasteiger partial charge in [-0.15, -0.1) is 0 Å². The quantitative estimate of drug-likeness (QED) is 0.847. The molecular weight excluding hydrogens is 361 g/mol. The summed E-state index contributed by atoms with van der Waals surface area (Å²) in [5.74, 6) is -1.81. The molecule has 1 saturated heterocycles. The van der Waals surface area contributed by atoms with Crippen molar-refractivity contribution >= 4 is 22.8 Å². The Labute approximate surface area is 153 Å². The number of carbonyl (C=O) groups is 2. The number of aliphatic carboxylic acids is 1. The van der Waals surface area contributed by atoms with Gasteiger partial charge in [0.05, 0.1) is 5.92 Å². The van der Waals surface area contributed by atoms with Crippen LogP contribution in [-0.2, 0) is 4.79 Å². The number of rotatable bonds is 3. The van der Waals surface area contributed by atoms with E-state index in [0.717, 1.165) is 4.90 Å². The second-order valence-corrected chi connectivity index (χ2v) is 6.62. The molecule has 8 heteroatoms. The van der Waals surface area contributed by atoms with Crippen LogP contribution in [0.2, 0.25) is 0 Å². The van der Waals surface area contributed by atoms with Crippen molar-refractivity contribution in [1.82, 2.24) is 10.2 Å². The lowest BCUT2D eigenvalue weighted by Gasteiger charge is -2.33. The second kappa shape index (κ2) is 7.46. The monoisotopic (exact) mass is 380 g/mol. The second-order valence-electron chi connectivity index (χ2n) is 6.62. The molecule has 2 amide bonds. The molecule has 0 saturated carbocycles. The fourth-order valence-corrected chi connectivity index (χ4v) is 3.42. The van der Waals surface area contributed by atoms with Gasteiger partial charge in [-0.2, -0.15) is 13.2 Å². The molecule has 3 rings (SSSR count). The van der Waals surface area contributed by atoms with Crippen LogP contribution in [0.1, 0.15) is 24.4 Å². The van der Waals surface area contributed by atoms with Gasteiger partial charge in [0.1, 0.15) is 0 Å². The number of nitrogens with zero attached hydrogens (tertiary/aromatic N) is 1. The average molecular weight is 380 g/mol. The van der Waals surface area contributed by atoms with Gasteiger partial charge in [-0.3, -0.25) is 4.79 Å². The summed E-state index contributed by atoms with van der Waals surface area (Å²) in [6, 6.07) is 8.14. The van der Waals surface area contributed by atoms with Crippen molar-refractivity contribution in [2.75, 3.05) is 13.1 Å². The number of carbonyl (C=O) groups excluding carboxylic acids is 1. The summed E-state index contributed by atoms with van der Waals surface area (Å²) in [5, 5.41) is 12.2. The Balaban J connectivity index is 1.88. The van der Waals surface area contributed by atoms with Crippen molar-refractivity contribution in [1.29, 1.82) is 0 Å². The van der Waals surface area contributed by atoms with Crippen LogP contribution in [0.5, 0.6) is 0 Å². The number of hydrogen-bond acceptors (Lipinski definition) is 2. The maximum Gasteiger partial charge on any atom is 0.412 e. The standard InChI is InChI=1S/C19H19F3N2O3/c20-19(21,22)16(15-9-3-6-12-5-1-2-8-14(12)15)23-18(27)24-10-4-7-13(11-24)17(25)26/h1-3,5-6,8-9,13,16H,4,7,10-11H2,(H,23,27)(H,25,26). The first-order chi connectivity index (χ1) is 12.8. The molecule has 0 bridgehead atoms. The predicted molar refractivity (Wildman–Crippen MR) is 93.2 cm³/mol. The van der Waals surface area contributed by atoms with Gasteiger partial charge in [-0.1, -0.05) is 42.5 Å². The van der Waals surface area contributed by atoms with Gasteiger partial charge in [0, 0.05) is 13.1 Å². The summed E-state index contributed by atoms with van der Waals surface area (Å²) in [4.78, 5) is 24.7. The molecular formula is C19H19F3N2O3. The van der Waals surface area contributed by atoms with Crippen LogP contribution in [-0.4, -0.2) is 41.3 Å². The van der Waals surface area contributed by atoms with E-state index >= 15 is 0 Å². The number of benzene rings is 2. The Kier molecular flexibility index (Phi) is 5.25. The SMILES string of the molecule is O=C(O)C1CCCN(C(=O)NC(c2cccc3ccccc23)C(F)(F)F)C1. The summed E-state index contributed by atoms with van der Waals surface area (Å²) in [7, 11) is 0. The van der Waals surface area contributed by atoms with Crippen LogP contribution in [0, 0.1) is 5.92 Å². The molecule has 0 spiro atoms. The molecule has 2 unspecified atom stereocenters. The maximum atomic E-state index is 13.7. The summed E-state index contributed by atoms with van der Waals surface area (Å²) < 4.78 is 41.2. The molecule has 2 N–H and O–H groups in total. The number of carboxylic acid groups (broad SMARTS) is 1. The minimum atomic E-state index is -4.69. The molecule has 2 aromatic rings. The topological polar surface area (TPSA) is 69.6 Å². The Morgan fingerprint density at radius 3 is 2.56 bits per heavy atom. The minimum absolute atomic E-state index is 0.0410. The summed E-state index contributed by atoms with van der Waals surface area (Å²) in [6.45, 7) is 0.136. The van der Waals surface area contributed by atoms with Gasteiger partial charge in [-0.25, -0.2) is 4.79 Å². The van der Waals surface area contributed by atoms with Gasteiger partial charge < -0.3 is 15.3 Å². The highest BCUT2D eigenvalue weighted by molar-refractivity contribution is 5.87. The molecule has 2 atom stereocenters. The molecule has 1 aliphatic rings. The van der Waals surface area contributed by atoms with Crippen molar-refractivity contribution in [2.24, 2.45) is 5.92 Å². The Morgan fingerprint density at radius 1 is 1.15 bits per heavy atom. The van der Waals surface area contributed by atoms with Gasteiger partial charge >= 0.3 is 18.2 Å². The van der Waals surface area contributed by atoms with Gasteiger partial charge in [-0.05, 0) is 29.2 Å². The van der Waals surface area contributed by atoms with Crippen LogP contribution in [0.15, 0.2) is 42.5 Å². The van der Waals surface area contributed by atoms with E-state index in [2.05, 4.69) is 5.32 Å². The molecule has 0 radical (unpaired) electrons. The van der Waals surface area contributed by atoms with Gasteiger partial charge in [0.2, 0.25) is 0 Å². The van der Waals surface area contributed by atoms with Crippen LogP contribution in [0.4, 0.5) is 18.0 Å². The van der Waals surface area contributed by atoms with Crippen LogP contribution < -0.4 is 5.32 Å². The fourth-order valence-electron chi connectivity index (χ4n) is 3.42. The Bertz CT molecular complexity index is 848. The highest BCUT2D eigenvalue weighted by atomic mass is 19.4. The number of piperidine rings is 1. The van der Waals surface area contributed by atoms with E-state index in [0.29, 0.717) is 23.6 Å². The van der Waals surface area contributed by atoms with E-state index in [1.54, 1.807) is 30.3 Å². The third-order valence-electron chi connectivity index (χ3n) is 4.79. The zero-order valence-electron chi connectivity index (χ0n) is 14.4. The zero-order valence-corrected chi connectivity index (χ0v) is 14.4. The van der Waals surface area contributed by atoms with Crippen LogP contribution >= 0.6 is 0 Å². The van der Waals surface area contributed by atoms with Crippen LogP contribution in [0.25, 0.3) is 10.8 Å². The summed E-state index contributed by atoms with van der Waals surface area (Å²) in [6.07, 6.45) is -3.84. The number of hydrogen-bond donors (Lipinski definition) is 2. The number of likely N-dealkylation sites (tertiary alicyclic amines) is 1. The molecule has 1 aliphatic heterocycles. The van der Waals surface area contributed by atoms with Crippen LogP contribution in [0.3, 0.4) is 0 Å². The number of amides is 2. The Hall–Kier alpha value is -2.77. The highest BCUT2D eigenvalue weighted by Gasteiger charge is 2.43. The number of urea groups is 1. The van der Waals surface area contributed by atoms with Gasteiger partial charge in [0.15, 0.2) is 6.04 Å². The average Bonchev–Trinajstić information content (AvgIpc) is 2.64. The van der Waals surface area contributed by atoms with E-state index in [1.807, 2.05) is 0 Å². The van der Waals surface area contributed by atoms with Crippen molar-refractivity contribution in [2.45, 2.75) is 25.1 Å². The fraction of sp³-hybridized carbons (Fsp3) is 0.368. The number of halogens is 3. The van der Waals surface area contributed by atoms with Crippen molar-refractivity contribution in [3.05, 3.63) is 48.0 Å². The largest absolute Gasteiger partial charge is 0.481 e. The molecule has 0 aromatic heterocycles. The third-order valence-corrected chi connectivity index (χ3v) is 4.79. The van der Waals surface area contributed by atoms with Crippen molar-refractivity contribution < 1.29 is 27.9 Å². The molecule has 1 heterocycles. The van der Waals surface area contributed by atoms with Gasteiger partial charge in [0.25, 0.3) is 0 Å². The third kappa shape index (κ3) is 4.15. The van der Waals surface area contributed by atoms with E-state index in [9.17, 15) is 22.8 Å². The molecule has 2 aromatic carbocycles. The first kappa shape index (κ1) is 19.0. The molecule has 5 nitrogen and oxygen atoms in total.